The first-order valence-electron chi connectivity index (χ1n) is 5.67. The van der Waals surface area contributed by atoms with E-state index in [-0.39, 0.29) is 11.7 Å². The summed E-state index contributed by atoms with van der Waals surface area (Å²) in [6.07, 6.45) is 3.49. The molecule has 0 aliphatic heterocycles. The number of nitrogens with one attached hydrogen (secondary N) is 1. The van der Waals surface area contributed by atoms with Crippen molar-refractivity contribution in [3.63, 3.8) is 0 Å². The molecular weight excluding hydrogens is 298 g/mol. The van der Waals surface area contributed by atoms with E-state index in [4.69, 9.17) is 0 Å². The van der Waals surface area contributed by atoms with Gasteiger partial charge in [-0.3, -0.25) is 4.79 Å². The van der Waals surface area contributed by atoms with E-state index >= 15 is 0 Å². The predicted octanol–water partition coefficient (Wildman–Crippen LogP) is 2.00. The standard InChI is InChI=1S/C12H13N3O3S2/c1-15-5-4-13-12(15)20-7-9(16)14-8-3-6-19-10(8)11(17)18-2/h3-6H,7H2,1-2H3,(H,14,16). The first kappa shape index (κ1) is 14.6. The monoisotopic (exact) mass is 311 g/mol. The lowest BCUT2D eigenvalue weighted by molar-refractivity contribution is -0.113. The molecule has 0 fully saturated rings. The highest BCUT2D eigenvalue weighted by Gasteiger charge is 2.15. The Morgan fingerprint density at radius 1 is 1.55 bits per heavy atom. The molecule has 106 valence electrons. The van der Waals surface area contributed by atoms with E-state index < -0.39 is 5.97 Å². The van der Waals surface area contributed by atoms with Gasteiger partial charge >= 0.3 is 5.97 Å². The van der Waals surface area contributed by atoms with Crippen LogP contribution in [0.2, 0.25) is 0 Å². The lowest BCUT2D eigenvalue weighted by atomic mass is 10.4. The van der Waals surface area contributed by atoms with Crippen LogP contribution in [0.15, 0.2) is 29.0 Å². The molecule has 2 aromatic rings. The molecule has 20 heavy (non-hydrogen) atoms. The number of thioether (sulfide) groups is 1. The summed E-state index contributed by atoms with van der Waals surface area (Å²) in [6, 6.07) is 1.68. The van der Waals surface area contributed by atoms with Gasteiger partial charge in [0, 0.05) is 19.4 Å². The predicted molar refractivity (Wildman–Crippen MR) is 78.2 cm³/mol. The number of aromatic nitrogens is 2. The summed E-state index contributed by atoms with van der Waals surface area (Å²) < 4.78 is 6.49. The van der Waals surface area contributed by atoms with Crippen molar-refractivity contribution in [2.24, 2.45) is 7.05 Å². The molecule has 2 aromatic heterocycles. The quantitative estimate of drug-likeness (QED) is 0.675. The van der Waals surface area contributed by atoms with E-state index in [1.54, 1.807) is 17.6 Å². The van der Waals surface area contributed by atoms with Crippen molar-refractivity contribution in [2.75, 3.05) is 18.2 Å². The molecule has 0 aliphatic carbocycles. The Hall–Kier alpha value is -1.80. The van der Waals surface area contributed by atoms with Crippen LogP contribution in [0, 0.1) is 0 Å². The van der Waals surface area contributed by atoms with Crippen molar-refractivity contribution < 1.29 is 14.3 Å². The topological polar surface area (TPSA) is 73.2 Å². The summed E-state index contributed by atoms with van der Waals surface area (Å²) >= 11 is 2.56. The summed E-state index contributed by atoms with van der Waals surface area (Å²) in [5, 5.41) is 5.19. The Bertz CT molecular complexity index is 621. The van der Waals surface area contributed by atoms with Gasteiger partial charge in [0.25, 0.3) is 0 Å². The fourth-order valence-corrected chi connectivity index (χ4v) is 2.96. The molecule has 0 saturated carbocycles. The number of carbonyl (C=O) groups is 2. The highest BCUT2D eigenvalue weighted by molar-refractivity contribution is 7.99. The van der Waals surface area contributed by atoms with Crippen molar-refractivity contribution in [3.05, 3.63) is 28.7 Å². The van der Waals surface area contributed by atoms with Gasteiger partial charge < -0.3 is 14.6 Å². The normalized spacial score (nSPS) is 10.3. The van der Waals surface area contributed by atoms with E-state index in [9.17, 15) is 9.59 Å². The van der Waals surface area contributed by atoms with E-state index in [1.807, 2.05) is 17.8 Å². The van der Waals surface area contributed by atoms with E-state index in [0.29, 0.717) is 10.6 Å². The summed E-state index contributed by atoms with van der Waals surface area (Å²) in [6.45, 7) is 0. The Morgan fingerprint density at radius 3 is 3.00 bits per heavy atom. The number of ether oxygens (including phenoxy) is 1. The number of imidazole rings is 1. The van der Waals surface area contributed by atoms with Gasteiger partial charge in [-0.1, -0.05) is 11.8 Å². The summed E-state index contributed by atoms with van der Waals surface area (Å²) in [5.74, 6) is -0.421. The Labute approximate surface area is 124 Å². The number of esters is 1. The van der Waals surface area contributed by atoms with Crippen molar-refractivity contribution in [1.82, 2.24) is 9.55 Å². The van der Waals surface area contributed by atoms with Crippen LogP contribution in [0.3, 0.4) is 0 Å². The molecule has 2 rings (SSSR count). The second-order valence-corrected chi connectivity index (χ2v) is 5.67. The third-order valence-corrected chi connectivity index (χ3v) is 4.37. The Morgan fingerprint density at radius 2 is 2.35 bits per heavy atom. The van der Waals surface area contributed by atoms with Crippen LogP contribution in [0.1, 0.15) is 9.67 Å². The number of anilines is 1. The second-order valence-electron chi connectivity index (χ2n) is 3.81. The first-order valence-corrected chi connectivity index (χ1v) is 7.54. The minimum Gasteiger partial charge on any atom is -0.465 e. The molecule has 0 radical (unpaired) electrons. The highest BCUT2D eigenvalue weighted by Crippen LogP contribution is 2.23. The molecule has 2 heterocycles. The van der Waals surface area contributed by atoms with Gasteiger partial charge in [-0.15, -0.1) is 11.3 Å². The zero-order valence-electron chi connectivity index (χ0n) is 11.0. The minimum atomic E-state index is -0.452. The van der Waals surface area contributed by atoms with Gasteiger partial charge in [-0.25, -0.2) is 9.78 Å². The Balaban J connectivity index is 1.93. The number of hydrogen-bond donors (Lipinski definition) is 1. The zero-order valence-corrected chi connectivity index (χ0v) is 12.6. The second kappa shape index (κ2) is 6.58. The largest absolute Gasteiger partial charge is 0.465 e. The third-order valence-electron chi connectivity index (χ3n) is 2.42. The molecule has 0 atom stereocenters. The molecule has 1 amide bonds. The maximum absolute atomic E-state index is 11.9. The minimum absolute atomic E-state index is 0.193. The van der Waals surface area contributed by atoms with E-state index in [1.165, 1.54) is 30.2 Å². The van der Waals surface area contributed by atoms with Crippen molar-refractivity contribution >= 4 is 40.7 Å². The molecule has 8 heteroatoms. The van der Waals surface area contributed by atoms with Crippen LogP contribution in [0.25, 0.3) is 0 Å². The van der Waals surface area contributed by atoms with Gasteiger partial charge in [-0.05, 0) is 11.4 Å². The number of methoxy groups -OCH3 is 1. The van der Waals surface area contributed by atoms with E-state index in [0.717, 1.165) is 5.16 Å². The van der Waals surface area contributed by atoms with Crippen molar-refractivity contribution in [1.29, 1.82) is 0 Å². The number of nitrogens with zero attached hydrogens (tertiary/aromatic N) is 2. The van der Waals surface area contributed by atoms with E-state index in [2.05, 4.69) is 15.0 Å². The Kier molecular flexibility index (Phi) is 4.80. The number of thiophene rings is 1. The summed E-state index contributed by atoms with van der Waals surface area (Å²) in [4.78, 5) is 27.9. The fraction of sp³-hybridized carbons (Fsp3) is 0.250. The number of hydrogen-bond acceptors (Lipinski definition) is 6. The van der Waals surface area contributed by atoms with Gasteiger partial charge in [0.05, 0.1) is 18.6 Å². The summed E-state index contributed by atoms with van der Waals surface area (Å²) in [7, 11) is 3.17. The molecular formula is C12H13N3O3S2. The van der Waals surface area contributed by atoms with Gasteiger partial charge in [0.2, 0.25) is 5.91 Å². The number of aryl methyl sites for hydroxylation is 1. The van der Waals surface area contributed by atoms with Crippen LogP contribution < -0.4 is 5.32 Å². The van der Waals surface area contributed by atoms with Crippen LogP contribution in [-0.4, -0.2) is 34.3 Å². The zero-order chi connectivity index (χ0) is 14.5. The van der Waals surface area contributed by atoms with Gasteiger partial charge in [0.15, 0.2) is 5.16 Å². The first-order chi connectivity index (χ1) is 9.61. The van der Waals surface area contributed by atoms with Gasteiger partial charge in [0.1, 0.15) is 4.88 Å². The molecule has 0 bridgehead atoms. The third kappa shape index (κ3) is 3.40. The van der Waals surface area contributed by atoms with Gasteiger partial charge in [-0.2, -0.15) is 0 Å². The molecule has 0 saturated heterocycles. The molecule has 0 spiro atoms. The molecule has 6 nitrogen and oxygen atoms in total. The molecule has 0 aliphatic rings. The summed E-state index contributed by atoms with van der Waals surface area (Å²) in [5.41, 5.74) is 0.479. The van der Waals surface area contributed by atoms with Crippen molar-refractivity contribution in [3.8, 4) is 0 Å². The molecule has 1 N–H and O–H groups in total. The smallest absolute Gasteiger partial charge is 0.350 e. The van der Waals surface area contributed by atoms with Crippen molar-refractivity contribution in [2.45, 2.75) is 5.16 Å². The maximum Gasteiger partial charge on any atom is 0.350 e. The number of amides is 1. The van der Waals surface area contributed by atoms with Crippen LogP contribution >= 0.6 is 23.1 Å². The fourth-order valence-electron chi connectivity index (χ4n) is 1.47. The van der Waals surface area contributed by atoms with Crippen LogP contribution in [0.5, 0.6) is 0 Å². The number of carbonyl (C=O) groups excluding carboxylic acids is 2. The average Bonchev–Trinajstić information content (AvgIpc) is 3.05. The average molecular weight is 311 g/mol. The lowest BCUT2D eigenvalue weighted by Crippen LogP contribution is -2.16. The SMILES string of the molecule is COC(=O)c1sccc1NC(=O)CSc1nccn1C. The lowest BCUT2D eigenvalue weighted by Gasteiger charge is -2.05. The molecule has 0 aromatic carbocycles. The number of rotatable bonds is 5. The van der Waals surface area contributed by atoms with Crippen LogP contribution in [0.4, 0.5) is 5.69 Å². The molecule has 0 unspecified atom stereocenters. The highest BCUT2D eigenvalue weighted by atomic mass is 32.2. The maximum atomic E-state index is 11.9. The van der Waals surface area contributed by atoms with Crippen LogP contribution in [-0.2, 0) is 16.6 Å².